The lowest BCUT2D eigenvalue weighted by Gasteiger charge is -2.23. The van der Waals surface area contributed by atoms with Gasteiger partial charge in [-0.1, -0.05) is 50.8 Å². The van der Waals surface area contributed by atoms with Crippen LogP contribution in [0.15, 0.2) is 24.3 Å². The van der Waals surface area contributed by atoms with Crippen molar-refractivity contribution in [3.05, 3.63) is 29.8 Å². The summed E-state index contributed by atoms with van der Waals surface area (Å²) in [4.78, 5) is 0. The van der Waals surface area contributed by atoms with E-state index in [-0.39, 0.29) is 5.60 Å². The molecular weight excluding hydrogens is 220 g/mol. The van der Waals surface area contributed by atoms with Crippen molar-refractivity contribution in [2.75, 3.05) is 0 Å². The first kappa shape index (κ1) is 15.1. The second kappa shape index (κ2) is 7.45. The van der Waals surface area contributed by atoms with Crippen molar-refractivity contribution in [3.8, 4) is 5.75 Å². The third-order valence-corrected chi connectivity index (χ3v) is 2.94. The van der Waals surface area contributed by atoms with Gasteiger partial charge in [0, 0.05) is 0 Å². The molecule has 0 N–H and O–H groups in total. The molecule has 0 radical (unpaired) electrons. The Morgan fingerprint density at radius 3 is 2.28 bits per heavy atom. The Hall–Kier alpha value is -0.980. The van der Waals surface area contributed by atoms with Gasteiger partial charge in [-0.2, -0.15) is 0 Å². The van der Waals surface area contributed by atoms with E-state index in [9.17, 15) is 0 Å². The van der Waals surface area contributed by atoms with Crippen molar-refractivity contribution in [2.45, 2.75) is 71.8 Å². The van der Waals surface area contributed by atoms with Crippen LogP contribution in [0.25, 0.3) is 0 Å². The number of ether oxygens (including phenoxy) is 1. The van der Waals surface area contributed by atoms with E-state index in [4.69, 9.17) is 4.74 Å². The molecule has 0 unspecified atom stereocenters. The van der Waals surface area contributed by atoms with Gasteiger partial charge in [0.1, 0.15) is 11.4 Å². The van der Waals surface area contributed by atoms with Crippen LogP contribution in [0.5, 0.6) is 5.75 Å². The zero-order valence-corrected chi connectivity index (χ0v) is 12.5. The highest BCUT2D eigenvalue weighted by Gasteiger charge is 2.13. The van der Waals surface area contributed by atoms with Gasteiger partial charge in [0.15, 0.2) is 0 Å². The SMILES string of the molecule is CCCCCCCc1ccccc1OC(C)(C)C. The van der Waals surface area contributed by atoms with Gasteiger partial charge < -0.3 is 4.74 Å². The van der Waals surface area contributed by atoms with Crippen LogP contribution < -0.4 is 4.74 Å². The minimum absolute atomic E-state index is 0.113. The molecule has 1 aromatic rings. The molecule has 0 fully saturated rings. The van der Waals surface area contributed by atoms with Crippen molar-refractivity contribution in [2.24, 2.45) is 0 Å². The van der Waals surface area contributed by atoms with Gasteiger partial charge in [0.2, 0.25) is 0 Å². The van der Waals surface area contributed by atoms with Crippen LogP contribution in [0.1, 0.15) is 65.4 Å². The molecule has 0 saturated carbocycles. The van der Waals surface area contributed by atoms with E-state index >= 15 is 0 Å². The van der Waals surface area contributed by atoms with Crippen LogP contribution in [0.4, 0.5) is 0 Å². The maximum absolute atomic E-state index is 6.01. The van der Waals surface area contributed by atoms with Gasteiger partial charge in [-0.05, 0) is 45.2 Å². The summed E-state index contributed by atoms with van der Waals surface area (Å²) in [6.45, 7) is 8.56. The summed E-state index contributed by atoms with van der Waals surface area (Å²) >= 11 is 0. The van der Waals surface area contributed by atoms with E-state index in [1.807, 2.05) is 0 Å². The lowest BCUT2D eigenvalue weighted by Crippen LogP contribution is -2.23. The Labute approximate surface area is 113 Å². The molecule has 1 rings (SSSR count). The number of hydrogen-bond acceptors (Lipinski definition) is 1. The van der Waals surface area contributed by atoms with Gasteiger partial charge in [0.05, 0.1) is 0 Å². The summed E-state index contributed by atoms with van der Waals surface area (Å²) in [5, 5.41) is 0. The van der Waals surface area contributed by atoms with Gasteiger partial charge >= 0.3 is 0 Å². The van der Waals surface area contributed by atoms with Gasteiger partial charge in [0.25, 0.3) is 0 Å². The van der Waals surface area contributed by atoms with E-state index in [1.165, 1.54) is 37.7 Å². The monoisotopic (exact) mass is 248 g/mol. The normalized spacial score (nSPS) is 11.6. The van der Waals surface area contributed by atoms with Crippen molar-refractivity contribution >= 4 is 0 Å². The quantitative estimate of drug-likeness (QED) is 0.589. The van der Waals surface area contributed by atoms with E-state index in [1.54, 1.807) is 0 Å². The summed E-state index contributed by atoms with van der Waals surface area (Å²) in [6.07, 6.45) is 7.76. The first-order valence-electron chi connectivity index (χ1n) is 7.30. The molecule has 0 bridgehead atoms. The highest BCUT2D eigenvalue weighted by Crippen LogP contribution is 2.24. The molecule has 0 aliphatic heterocycles. The fourth-order valence-electron chi connectivity index (χ4n) is 2.06. The number of hydrogen-bond donors (Lipinski definition) is 0. The maximum Gasteiger partial charge on any atom is 0.123 e. The van der Waals surface area contributed by atoms with Gasteiger partial charge in [-0.25, -0.2) is 0 Å². The first-order chi connectivity index (χ1) is 8.53. The molecule has 1 nitrogen and oxygen atoms in total. The highest BCUT2D eigenvalue weighted by atomic mass is 16.5. The predicted octanol–water partition coefficient (Wildman–Crippen LogP) is 5.38. The average Bonchev–Trinajstić information content (AvgIpc) is 2.29. The number of rotatable bonds is 7. The van der Waals surface area contributed by atoms with Crippen molar-refractivity contribution in [3.63, 3.8) is 0 Å². The van der Waals surface area contributed by atoms with Crippen molar-refractivity contribution in [1.82, 2.24) is 0 Å². The van der Waals surface area contributed by atoms with Crippen LogP contribution in [-0.2, 0) is 6.42 Å². The van der Waals surface area contributed by atoms with Gasteiger partial charge in [-0.15, -0.1) is 0 Å². The molecule has 18 heavy (non-hydrogen) atoms. The topological polar surface area (TPSA) is 9.23 Å². The molecule has 1 aromatic carbocycles. The Balaban J connectivity index is 2.49. The summed E-state index contributed by atoms with van der Waals surface area (Å²) < 4.78 is 6.01. The average molecular weight is 248 g/mol. The minimum Gasteiger partial charge on any atom is -0.488 e. The molecule has 0 atom stereocenters. The molecule has 0 aromatic heterocycles. The number of aryl methyl sites for hydroxylation is 1. The number of benzene rings is 1. The van der Waals surface area contributed by atoms with Crippen LogP contribution >= 0.6 is 0 Å². The van der Waals surface area contributed by atoms with E-state index in [2.05, 4.69) is 52.0 Å². The maximum atomic E-state index is 6.01. The first-order valence-corrected chi connectivity index (χ1v) is 7.30. The number of para-hydroxylation sites is 1. The third-order valence-electron chi connectivity index (χ3n) is 2.94. The lowest BCUT2D eigenvalue weighted by atomic mass is 10.0. The Kier molecular flexibility index (Phi) is 6.24. The summed E-state index contributed by atoms with van der Waals surface area (Å²) in [5.41, 5.74) is 1.24. The zero-order chi connectivity index (χ0) is 13.4. The highest BCUT2D eigenvalue weighted by molar-refractivity contribution is 5.33. The standard InChI is InChI=1S/C17H28O/c1-5-6-7-8-9-12-15-13-10-11-14-16(15)18-17(2,3)4/h10-11,13-14H,5-9,12H2,1-4H3. The molecule has 0 spiro atoms. The predicted molar refractivity (Wildman–Crippen MR) is 79.3 cm³/mol. The van der Waals surface area contributed by atoms with E-state index in [0.29, 0.717) is 0 Å². The molecule has 0 amide bonds. The third kappa shape index (κ3) is 6.09. The molecule has 0 aliphatic rings. The fourth-order valence-corrected chi connectivity index (χ4v) is 2.06. The smallest absolute Gasteiger partial charge is 0.123 e. The second-order valence-electron chi connectivity index (χ2n) is 5.99. The fraction of sp³-hybridized carbons (Fsp3) is 0.647. The lowest BCUT2D eigenvalue weighted by molar-refractivity contribution is 0.129. The van der Waals surface area contributed by atoms with E-state index < -0.39 is 0 Å². The molecule has 1 heteroatoms. The summed E-state index contributed by atoms with van der Waals surface area (Å²) in [6, 6.07) is 8.45. The molecular formula is C17H28O. The minimum atomic E-state index is -0.113. The number of unbranched alkanes of at least 4 members (excludes halogenated alkanes) is 4. The van der Waals surface area contributed by atoms with Gasteiger partial charge in [-0.3, -0.25) is 0 Å². The molecule has 0 heterocycles. The van der Waals surface area contributed by atoms with Crippen molar-refractivity contribution in [1.29, 1.82) is 0 Å². The molecule has 0 aliphatic carbocycles. The van der Waals surface area contributed by atoms with E-state index in [0.717, 1.165) is 12.2 Å². The molecule has 102 valence electrons. The summed E-state index contributed by atoms with van der Waals surface area (Å²) in [7, 11) is 0. The zero-order valence-electron chi connectivity index (χ0n) is 12.5. The van der Waals surface area contributed by atoms with Crippen molar-refractivity contribution < 1.29 is 4.74 Å². The Morgan fingerprint density at radius 2 is 1.61 bits per heavy atom. The second-order valence-corrected chi connectivity index (χ2v) is 5.99. The Morgan fingerprint density at radius 1 is 0.944 bits per heavy atom. The Bertz CT molecular complexity index is 336. The summed E-state index contributed by atoms with van der Waals surface area (Å²) in [5.74, 6) is 1.06. The van der Waals surface area contributed by atoms with Crippen LogP contribution in [0.3, 0.4) is 0 Å². The van der Waals surface area contributed by atoms with Crippen LogP contribution in [0, 0.1) is 0 Å². The van der Waals surface area contributed by atoms with Crippen LogP contribution in [-0.4, -0.2) is 5.60 Å². The molecule has 0 saturated heterocycles. The van der Waals surface area contributed by atoms with Crippen LogP contribution in [0.2, 0.25) is 0 Å². The largest absolute Gasteiger partial charge is 0.488 e.